The van der Waals surface area contributed by atoms with E-state index in [4.69, 9.17) is 4.74 Å². The molecule has 2 heterocycles. The Morgan fingerprint density at radius 1 is 1.17 bits per heavy atom. The zero-order valence-corrected chi connectivity index (χ0v) is 17.0. The lowest BCUT2D eigenvalue weighted by molar-refractivity contribution is -0.157. The van der Waals surface area contributed by atoms with Crippen molar-refractivity contribution in [2.24, 2.45) is 11.8 Å². The first kappa shape index (κ1) is 20.1. The van der Waals surface area contributed by atoms with E-state index in [0.29, 0.717) is 18.4 Å². The van der Waals surface area contributed by atoms with Gasteiger partial charge in [0.05, 0.1) is 11.8 Å². The van der Waals surface area contributed by atoms with Gasteiger partial charge < -0.3 is 9.72 Å². The molecule has 1 N–H and O–H groups in total. The molecule has 2 aliphatic rings. The van der Waals surface area contributed by atoms with Crippen molar-refractivity contribution in [1.29, 1.82) is 0 Å². The number of ether oxygens (including phenoxy) is 1. The highest BCUT2D eigenvalue weighted by atomic mass is 16.5. The van der Waals surface area contributed by atoms with Gasteiger partial charge in [0.25, 0.3) is 0 Å². The van der Waals surface area contributed by atoms with Crippen molar-refractivity contribution < 1.29 is 23.9 Å². The van der Waals surface area contributed by atoms with Gasteiger partial charge in [-0.1, -0.05) is 37.3 Å². The van der Waals surface area contributed by atoms with Crippen molar-refractivity contribution in [1.82, 2.24) is 9.88 Å². The number of rotatable bonds is 6. The van der Waals surface area contributed by atoms with Gasteiger partial charge >= 0.3 is 5.97 Å². The summed E-state index contributed by atoms with van der Waals surface area (Å²) in [4.78, 5) is 54.5. The first-order valence-corrected chi connectivity index (χ1v) is 10.2. The van der Waals surface area contributed by atoms with Crippen LogP contribution in [0.2, 0.25) is 0 Å². The molecule has 7 nitrogen and oxygen atoms in total. The molecular weight excluding hydrogens is 384 g/mol. The number of ketones is 1. The molecule has 1 fully saturated rings. The normalized spacial score (nSPS) is 21.7. The maximum Gasteiger partial charge on any atom is 0.329 e. The molecule has 0 saturated carbocycles. The van der Waals surface area contributed by atoms with Gasteiger partial charge in [0, 0.05) is 22.7 Å². The monoisotopic (exact) mass is 408 g/mol. The number of fused-ring (bicyclic) bond motifs is 2. The van der Waals surface area contributed by atoms with Crippen LogP contribution in [-0.2, 0) is 25.5 Å². The first-order chi connectivity index (χ1) is 14.4. The summed E-state index contributed by atoms with van der Waals surface area (Å²) in [5.74, 6) is -2.59. The van der Waals surface area contributed by atoms with Crippen molar-refractivity contribution >= 4 is 34.5 Å². The average molecular weight is 408 g/mol. The van der Waals surface area contributed by atoms with Crippen LogP contribution in [0.1, 0.15) is 42.6 Å². The molecule has 2 amide bonds. The van der Waals surface area contributed by atoms with E-state index in [0.717, 1.165) is 27.8 Å². The van der Waals surface area contributed by atoms with Crippen LogP contribution in [0, 0.1) is 11.8 Å². The fraction of sp³-hybridized carbons (Fsp3) is 0.391. The zero-order chi connectivity index (χ0) is 21.4. The number of H-pyrrole nitrogens is 1. The summed E-state index contributed by atoms with van der Waals surface area (Å²) in [6.45, 7) is 3.05. The molecule has 1 aliphatic heterocycles. The standard InChI is InChI=1S/C23H24N2O5/c1-3-14-7-6-10-15-18(11-24-20(14)15)19(26)12-30-23(29)13(2)25-21(27)16-8-4-5-9-17(16)22(25)28/h4-7,10-11,13,16-17,24H,3,8-9,12H2,1-2H3/t13-,16+,17+/m0/s1. The maximum atomic E-state index is 12.6. The summed E-state index contributed by atoms with van der Waals surface area (Å²) in [6.07, 6.45) is 7.24. The molecule has 3 atom stereocenters. The third-order valence-corrected chi connectivity index (χ3v) is 6.10. The zero-order valence-electron chi connectivity index (χ0n) is 17.0. The van der Waals surface area contributed by atoms with Gasteiger partial charge in [-0.15, -0.1) is 0 Å². The van der Waals surface area contributed by atoms with Gasteiger partial charge in [-0.2, -0.15) is 0 Å². The number of Topliss-reactive ketones (excluding diaryl/α,β-unsaturated/α-hetero) is 1. The number of para-hydroxylation sites is 1. The summed E-state index contributed by atoms with van der Waals surface area (Å²) in [5, 5.41) is 0.782. The van der Waals surface area contributed by atoms with Crippen molar-refractivity contribution in [2.75, 3.05) is 6.61 Å². The number of nitrogens with one attached hydrogen (secondary N) is 1. The number of hydrogen-bond donors (Lipinski definition) is 1. The highest BCUT2D eigenvalue weighted by molar-refractivity contribution is 6.10. The van der Waals surface area contributed by atoms with Gasteiger partial charge in [-0.05, 0) is 31.7 Å². The van der Waals surface area contributed by atoms with Gasteiger partial charge in [0.15, 0.2) is 6.61 Å². The molecule has 1 aromatic carbocycles. The maximum absolute atomic E-state index is 12.6. The Morgan fingerprint density at radius 2 is 1.83 bits per heavy atom. The minimum absolute atomic E-state index is 0.339. The van der Waals surface area contributed by atoms with Gasteiger partial charge in [0.1, 0.15) is 6.04 Å². The minimum atomic E-state index is -1.06. The van der Waals surface area contributed by atoms with E-state index in [1.54, 1.807) is 6.20 Å². The lowest BCUT2D eigenvalue weighted by Crippen LogP contribution is -2.44. The topological polar surface area (TPSA) is 96.5 Å². The second-order valence-corrected chi connectivity index (χ2v) is 7.80. The molecule has 1 aliphatic carbocycles. The van der Waals surface area contributed by atoms with Gasteiger partial charge in [0.2, 0.25) is 17.6 Å². The van der Waals surface area contributed by atoms with E-state index in [1.165, 1.54) is 6.92 Å². The number of carbonyl (C=O) groups is 4. The van der Waals surface area contributed by atoms with Crippen LogP contribution in [0.3, 0.4) is 0 Å². The molecule has 1 aromatic heterocycles. The number of likely N-dealkylation sites (tertiary alicyclic amines) is 1. The largest absolute Gasteiger partial charge is 0.456 e. The molecule has 30 heavy (non-hydrogen) atoms. The molecule has 2 aromatic rings. The number of aromatic amines is 1. The Balaban J connectivity index is 1.43. The minimum Gasteiger partial charge on any atom is -0.456 e. The highest BCUT2D eigenvalue weighted by Crippen LogP contribution is 2.36. The van der Waals surface area contributed by atoms with Crippen LogP contribution in [0.15, 0.2) is 36.5 Å². The number of allylic oxidation sites excluding steroid dienone is 2. The fourth-order valence-electron chi connectivity index (χ4n) is 4.39. The summed E-state index contributed by atoms with van der Waals surface area (Å²) in [5.41, 5.74) is 2.44. The Bertz CT molecular complexity index is 1040. The average Bonchev–Trinajstić information content (AvgIpc) is 3.31. The molecule has 0 radical (unpaired) electrons. The summed E-state index contributed by atoms with van der Waals surface area (Å²) in [6, 6.07) is 4.67. The molecule has 7 heteroatoms. The van der Waals surface area contributed by atoms with Crippen molar-refractivity contribution in [3.05, 3.63) is 47.7 Å². The molecule has 156 valence electrons. The van der Waals surface area contributed by atoms with Crippen LogP contribution in [-0.4, -0.2) is 46.1 Å². The lowest BCUT2D eigenvalue weighted by atomic mass is 9.85. The van der Waals surface area contributed by atoms with E-state index in [-0.39, 0.29) is 17.6 Å². The van der Waals surface area contributed by atoms with Gasteiger partial charge in [-0.3, -0.25) is 19.3 Å². The second-order valence-electron chi connectivity index (χ2n) is 7.80. The van der Waals surface area contributed by atoms with E-state index < -0.39 is 30.5 Å². The molecule has 0 bridgehead atoms. The van der Waals surface area contributed by atoms with E-state index in [2.05, 4.69) is 4.98 Å². The number of aryl methyl sites for hydroxylation is 1. The SMILES string of the molecule is CCc1cccc2c(C(=O)COC(=O)[C@H](C)N3C(=O)[C@@H]4CC=CC[C@H]4C3=O)c[nH]c12. The molecule has 4 rings (SSSR count). The number of hydrogen-bond acceptors (Lipinski definition) is 5. The number of amides is 2. The number of imide groups is 1. The molecule has 0 spiro atoms. The Labute approximate surface area is 174 Å². The fourth-order valence-corrected chi connectivity index (χ4v) is 4.39. The van der Waals surface area contributed by atoms with E-state index in [9.17, 15) is 19.2 Å². The number of benzene rings is 1. The Morgan fingerprint density at radius 3 is 2.47 bits per heavy atom. The van der Waals surface area contributed by atoms with E-state index in [1.807, 2.05) is 37.3 Å². The van der Waals surface area contributed by atoms with Crippen LogP contribution < -0.4 is 0 Å². The smallest absolute Gasteiger partial charge is 0.329 e. The lowest BCUT2D eigenvalue weighted by Gasteiger charge is -2.21. The third-order valence-electron chi connectivity index (χ3n) is 6.10. The number of esters is 1. The van der Waals surface area contributed by atoms with Crippen molar-refractivity contribution in [3.8, 4) is 0 Å². The van der Waals surface area contributed by atoms with Crippen molar-refractivity contribution in [2.45, 2.75) is 39.2 Å². The Hall–Kier alpha value is -3.22. The highest BCUT2D eigenvalue weighted by Gasteiger charge is 2.50. The number of carbonyl (C=O) groups excluding carboxylic acids is 4. The summed E-state index contributed by atoms with van der Waals surface area (Å²) < 4.78 is 5.19. The predicted octanol–water partition coefficient (Wildman–Crippen LogP) is 2.80. The molecule has 0 unspecified atom stereocenters. The number of aromatic nitrogens is 1. The van der Waals surface area contributed by atoms with Crippen LogP contribution in [0.25, 0.3) is 10.9 Å². The van der Waals surface area contributed by atoms with Crippen molar-refractivity contribution in [3.63, 3.8) is 0 Å². The second kappa shape index (κ2) is 7.89. The van der Waals surface area contributed by atoms with Crippen LogP contribution in [0.5, 0.6) is 0 Å². The predicted molar refractivity (Wildman–Crippen MR) is 110 cm³/mol. The summed E-state index contributed by atoms with van der Waals surface area (Å²) in [7, 11) is 0. The van der Waals surface area contributed by atoms with Gasteiger partial charge in [-0.25, -0.2) is 4.79 Å². The van der Waals surface area contributed by atoms with Crippen LogP contribution in [0.4, 0.5) is 0 Å². The Kier molecular flexibility index (Phi) is 5.28. The number of nitrogens with zero attached hydrogens (tertiary/aromatic N) is 1. The van der Waals surface area contributed by atoms with E-state index >= 15 is 0 Å². The quantitative estimate of drug-likeness (QED) is 0.343. The molecule has 1 saturated heterocycles. The third kappa shape index (κ3) is 3.24. The van der Waals surface area contributed by atoms with Crippen LogP contribution >= 0.6 is 0 Å². The summed E-state index contributed by atoms with van der Waals surface area (Å²) >= 11 is 0. The first-order valence-electron chi connectivity index (χ1n) is 10.2. The molecular formula is C23H24N2O5.